The van der Waals surface area contributed by atoms with Crippen LogP contribution in [-0.4, -0.2) is 43.3 Å². The molecule has 1 N–H and O–H groups in total. The number of ether oxygens (including phenoxy) is 1. The Morgan fingerprint density at radius 3 is 2.87 bits per heavy atom. The van der Waals surface area contributed by atoms with E-state index in [9.17, 15) is 4.79 Å². The lowest BCUT2D eigenvalue weighted by Crippen LogP contribution is -2.48. The molecule has 1 saturated heterocycles. The van der Waals surface area contributed by atoms with Crippen LogP contribution in [0.15, 0.2) is 0 Å². The Hall–Kier alpha value is -0.770. The predicted molar refractivity (Wildman–Crippen MR) is 59.9 cm³/mol. The summed E-state index contributed by atoms with van der Waals surface area (Å²) in [5.74, 6) is 0. The number of hydrogen-bond acceptors (Lipinski definition) is 3. The van der Waals surface area contributed by atoms with Crippen LogP contribution in [0.4, 0.5) is 4.79 Å². The van der Waals surface area contributed by atoms with Crippen LogP contribution in [0.2, 0.25) is 0 Å². The molecule has 0 aromatic carbocycles. The van der Waals surface area contributed by atoms with E-state index < -0.39 is 0 Å². The molecule has 1 rings (SSSR count). The van der Waals surface area contributed by atoms with Gasteiger partial charge in [0.2, 0.25) is 0 Å². The highest BCUT2D eigenvalue weighted by Crippen LogP contribution is 2.17. The Morgan fingerprint density at radius 2 is 2.27 bits per heavy atom. The number of hydrogen-bond donors (Lipinski definition) is 1. The summed E-state index contributed by atoms with van der Waals surface area (Å²) >= 11 is 0. The monoisotopic (exact) mass is 214 g/mol. The second-order valence-corrected chi connectivity index (χ2v) is 4.33. The molecule has 0 bridgehead atoms. The van der Waals surface area contributed by atoms with Gasteiger partial charge >= 0.3 is 6.09 Å². The molecule has 0 spiro atoms. The average molecular weight is 214 g/mol. The van der Waals surface area contributed by atoms with Gasteiger partial charge in [-0.15, -0.1) is 0 Å². The van der Waals surface area contributed by atoms with Crippen LogP contribution in [0.1, 0.15) is 33.1 Å². The lowest BCUT2D eigenvalue weighted by molar-refractivity contribution is 0.0532. The molecule has 1 aliphatic heterocycles. The Labute approximate surface area is 92.0 Å². The minimum atomic E-state index is -0.162. The van der Waals surface area contributed by atoms with Crippen LogP contribution in [0.5, 0.6) is 0 Å². The van der Waals surface area contributed by atoms with Gasteiger partial charge in [0.15, 0.2) is 0 Å². The highest BCUT2D eigenvalue weighted by atomic mass is 16.6. The van der Waals surface area contributed by atoms with Gasteiger partial charge < -0.3 is 15.0 Å². The number of nitrogens with one attached hydrogen (secondary N) is 1. The van der Waals surface area contributed by atoms with E-state index in [0.29, 0.717) is 6.04 Å². The maximum atomic E-state index is 11.8. The number of rotatable bonds is 3. The van der Waals surface area contributed by atoms with E-state index in [2.05, 4.69) is 5.32 Å². The Morgan fingerprint density at radius 1 is 1.53 bits per heavy atom. The molecule has 0 aromatic rings. The maximum Gasteiger partial charge on any atom is 0.410 e. The zero-order chi connectivity index (χ0) is 11.3. The quantitative estimate of drug-likeness (QED) is 0.776. The van der Waals surface area contributed by atoms with Crippen LogP contribution < -0.4 is 5.32 Å². The fraction of sp³-hybridized carbons (Fsp3) is 0.909. The first-order valence-electron chi connectivity index (χ1n) is 5.77. The van der Waals surface area contributed by atoms with Crippen molar-refractivity contribution in [2.75, 3.05) is 20.1 Å². The number of piperidine rings is 1. The molecule has 4 heteroatoms. The van der Waals surface area contributed by atoms with Crippen molar-refractivity contribution in [2.45, 2.75) is 45.3 Å². The third kappa shape index (κ3) is 3.70. The topological polar surface area (TPSA) is 41.6 Å². The zero-order valence-electron chi connectivity index (χ0n) is 9.95. The van der Waals surface area contributed by atoms with Crippen molar-refractivity contribution in [1.29, 1.82) is 0 Å². The molecule has 1 aliphatic rings. The number of likely N-dealkylation sites (N-methyl/N-ethyl adjacent to an activating group) is 1. The zero-order valence-corrected chi connectivity index (χ0v) is 9.95. The van der Waals surface area contributed by atoms with Gasteiger partial charge in [0.25, 0.3) is 0 Å². The first-order chi connectivity index (χ1) is 7.15. The van der Waals surface area contributed by atoms with E-state index in [0.717, 1.165) is 25.9 Å². The average Bonchev–Trinajstić information content (AvgIpc) is 2.18. The van der Waals surface area contributed by atoms with Crippen molar-refractivity contribution >= 4 is 6.09 Å². The predicted octanol–water partition coefficient (Wildman–Crippen LogP) is 1.61. The van der Waals surface area contributed by atoms with Crippen molar-refractivity contribution in [3.05, 3.63) is 0 Å². The molecular weight excluding hydrogens is 192 g/mol. The molecule has 0 radical (unpaired) electrons. The van der Waals surface area contributed by atoms with E-state index in [4.69, 9.17) is 4.74 Å². The normalized spacial score (nSPS) is 21.9. The number of carbonyl (C=O) groups excluding carboxylic acids is 1. The highest BCUT2D eigenvalue weighted by molar-refractivity contribution is 5.68. The number of nitrogens with zero attached hydrogens (tertiary/aromatic N) is 1. The van der Waals surface area contributed by atoms with Crippen LogP contribution >= 0.6 is 0 Å². The van der Waals surface area contributed by atoms with E-state index in [-0.39, 0.29) is 12.2 Å². The fourth-order valence-corrected chi connectivity index (χ4v) is 1.96. The summed E-state index contributed by atoms with van der Waals surface area (Å²) in [6.45, 7) is 5.45. The smallest absolute Gasteiger partial charge is 0.410 e. The number of amides is 1. The summed E-state index contributed by atoms with van der Waals surface area (Å²) in [5, 5.41) is 3.13. The van der Waals surface area contributed by atoms with Crippen molar-refractivity contribution < 1.29 is 9.53 Å². The van der Waals surface area contributed by atoms with Gasteiger partial charge in [-0.1, -0.05) is 0 Å². The second-order valence-electron chi connectivity index (χ2n) is 4.33. The van der Waals surface area contributed by atoms with Gasteiger partial charge in [0.05, 0.1) is 6.10 Å². The van der Waals surface area contributed by atoms with E-state index in [1.165, 1.54) is 6.42 Å². The first kappa shape index (κ1) is 12.3. The van der Waals surface area contributed by atoms with Crippen molar-refractivity contribution in [3.8, 4) is 0 Å². The SMILES string of the molecule is CNCC1CCCCN1C(=O)OC(C)C. The third-order valence-corrected chi connectivity index (χ3v) is 2.64. The van der Waals surface area contributed by atoms with Crippen LogP contribution in [0, 0.1) is 0 Å². The van der Waals surface area contributed by atoms with Gasteiger partial charge in [-0.05, 0) is 40.2 Å². The minimum absolute atomic E-state index is 0.0327. The molecule has 0 aliphatic carbocycles. The Bertz CT molecular complexity index is 205. The standard InChI is InChI=1S/C11H22N2O2/c1-9(2)15-11(14)13-7-5-4-6-10(13)8-12-3/h9-10,12H,4-8H2,1-3H3. The highest BCUT2D eigenvalue weighted by Gasteiger charge is 2.27. The van der Waals surface area contributed by atoms with E-state index >= 15 is 0 Å². The molecule has 1 atom stereocenters. The molecule has 1 unspecified atom stereocenters. The summed E-state index contributed by atoms with van der Waals surface area (Å²) in [7, 11) is 1.92. The molecule has 15 heavy (non-hydrogen) atoms. The van der Waals surface area contributed by atoms with E-state index in [1.54, 1.807) is 0 Å². The first-order valence-corrected chi connectivity index (χ1v) is 5.77. The Kier molecular flexibility index (Phi) is 4.88. The third-order valence-electron chi connectivity index (χ3n) is 2.64. The Balaban J connectivity index is 2.51. The molecule has 1 amide bonds. The van der Waals surface area contributed by atoms with Gasteiger partial charge in [-0.3, -0.25) is 0 Å². The molecular formula is C11H22N2O2. The van der Waals surface area contributed by atoms with Gasteiger partial charge in [-0.2, -0.15) is 0 Å². The van der Waals surface area contributed by atoms with Crippen molar-refractivity contribution in [3.63, 3.8) is 0 Å². The molecule has 0 aromatic heterocycles. The van der Waals surface area contributed by atoms with Gasteiger partial charge in [0, 0.05) is 19.1 Å². The van der Waals surface area contributed by atoms with Crippen molar-refractivity contribution in [1.82, 2.24) is 10.2 Å². The summed E-state index contributed by atoms with van der Waals surface area (Å²) in [5.41, 5.74) is 0. The maximum absolute atomic E-state index is 11.8. The summed E-state index contributed by atoms with van der Waals surface area (Å²) < 4.78 is 5.23. The minimum Gasteiger partial charge on any atom is -0.447 e. The summed E-state index contributed by atoms with van der Waals surface area (Å²) in [4.78, 5) is 13.6. The lowest BCUT2D eigenvalue weighted by atomic mass is 10.0. The molecule has 1 fully saturated rings. The largest absolute Gasteiger partial charge is 0.447 e. The molecule has 4 nitrogen and oxygen atoms in total. The van der Waals surface area contributed by atoms with Crippen LogP contribution in [0.3, 0.4) is 0 Å². The van der Waals surface area contributed by atoms with Crippen LogP contribution in [-0.2, 0) is 4.74 Å². The number of likely N-dealkylation sites (tertiary alicyclic amines) is 1. The fourth-order valence-electron chi connectivity index (χ4n) is 1.96. The summed E-state index contributed by atoms with van der Waals surface area (Å²) in [6.07, 6.45) is 3.18. The van der Waals surface area contributed by atoms with Gasteiger partial charge in [0.1, 0.15) is 0 Å². The lowest BCUT2D eigenvalue weighted by Gasteiger charge is -2.35. The van der Waals surface area contributed by atoms with Crippen molar-refractivity contribution in [2.24, 2.45) is 0 Å². The molecule has 0 saturated carbocycles. The van der Waals surface area contributed by atoms with E-state index in [1.807, 2.05) is 25.8 Å². The summed E-state index contributed by atoms with van der Waals surface area (Å²) in [6, 6.07) is 0.301. The second kappa shape index (κ2) is 5.95. The number of carbonyl (C=O) groups is 1. The molecule has 88 valence electrons. The van der Waals surface area contributed by atoms with Crippen LogP contribution in [0.25, 0.3) is 0 Å². The van der Waals surface area contributed by atoms with Gasteiger partial charge in [-0.25, -0.2) is 4.79 Å². The molecule has 1 heterocycles.